The van der Waals surface area contributed by atoms with E-state index < -0.39 is 7.60 Å². The molecule has 6 aliphatic carbocycles. The fourth-order valence-corrected chi connectivity index (χ4v) is 9.50. The predicted octanol–water partition coefficient (Wildman–Crippen LogP) is 5.23. The Hall–Kier alpha value is -0.110. The highest BCUT2D eigenvalue weighted by atomic mass is 31.2. The van der Waals surface area contributed by atoms with E-state index in [1.54, 1.807) is 5.57 Å². The van der Waals surface area contributed by atoms with Crippen LogP contribution in [0.15, 0.2) is 10.9 Å². The monoisotopic (exact) mass is 336 g/mol. The van der Waals surface area contributed by atoms with Gasteiger partial charge in [-0.3, -0.25) is 4.57 Å². The minimum atomic E-state index is -3.07. The van der Waals surface area contributed by atoms with Gasteiger partial charge in [-0.25, -0.2) is 0 Å². The molecule has 2 unspecified atom stereocenters. The summed E-state index contributed by atoms with van der Waals surface area (Å²) in [4.78, 5) is 0. The Balaban J connectivity index is 1.59. The summed E-state index contributed by atoms with van der Waals surface area (Å²) in [6.07, 6.45) is 8.05. The maximum atomic E-state index is 13.7. The molecule has 6 rings (SSSR count). The molecule has 6 bridgehead atoms. The summed E-state index contributed by atoms with van der Waals surface area (Å²) in [6.45, 7) is 4.86. The van der Waals surface area contributed by atoms with Gasteiger partial charge in [0, 0.05) is 5.31 Å². The van der Waals surface area contributed by atoms with E-state index in [2.05, 4.69) is 0 Å². The lowest BCUT2D eigenvalue weighted by molar-refractivity contribution is 0.222. The predicted molar refractivity (Wildman–Crippen MR) is 90.0 cm³/mol. The van der Waals surface area contributed by atoms with Gasteiger partial charge in [-0.1, -0.05) is 24.8 Å². The van der Waals surface area contributed by atoms with Crippen molar-refractivity contribution in [3.05, 3.63) is 10.9 Å². The molecule has 0 aromatic heterocycles. The van der Waals surface area contributed by atoms with Gasteiger partial charge in [-0.15, -0.1) is 0 Å². The summed E-state index contributed by atoms with van der Waals surface area (Å²) in [5.41, 5.74) is 1.59. The molecule has 5 fully saturated rings. The van der Waals surface area contributed by atoms with Gasteiger partial charge in [0.1, 0.15) is 0 Å². The minimum Gasteiger partial charge on any atom is -0.306 e. The van der Waals surface area contributed by atoms with Crippen LogP contribution in [0.5, 0.6) is 0 Å². The second-order valence-electron chi connectivity index (χ2n) is 8.28. The van der Waals surface area contributed by atoms with E-state index in [1.165, 1.54) is 43.8 Å². The maximum Gasteiger partial charge on any atom is 0.357 e. The molecule has 0 N–H and O–H groups in total. The molecule has 0 saturated heterocycles. The minimum absolute atomic E-state index is 0.484. The first-order chi connectivity index (χ1) is 11.2. The van der Waals surface area contributed by atoms with Gasteiger partial charge in [-0.2, -0.15) is 0 Å². The third-order valence-electron chi connectivity index (χ3n) is 7.50. The molecule has 0 aromatic rings. The highest BCUT2D eigenvalue weighted by Crippen LogP contribution is 2.86. The summed E-state index contributed by atoms with van der Waals surface area (Å²) in [5.74, 6) is 5.49. The van der Waals surface area contributed by atoms with Gasteiger partial charge >= 0.3 is 7.60 Å². The Morgan fingerprint density at radius 2 is 1.61 bits per heavy atom. The quantitative estimate of drug-likeness (QED) is 0.623. The average molecular weight is 336 g/mol. The van der Waals surface area contributed by atoms with Crippen LogP contribution in [0, 0.1) is 41.4 Å². The van der Waals surface area contributed by atoms with Gasteiger partial charge in [0.05, 0.1) is 13.2 Å². The van der Waals surface area contributed by atoms with Crippen molar-refractivity contribution in [1.29, 1.82) is 0 Å². The van der Waals surface area contributed by atoms with Gasteiger partial charge < -0.3 is 9.05 Å². The molecule has 4 heteroatoms. The van der Waals surface area contributed by atoms with Crippen LogP contribution < -0.4 is 0 Å². The van der Waals surface area contributed by atoms with E-state index in [0.29, 0.717) is 25.0 Å². The number of rotatable bonds is 6. The van der Waals surface area contributed by atoms with E-state index in [-0.39, 0.29) is 0 Å². The first-order valence-corrected chi connectivity index (χ1v) is 11.4. The Bertz CT molecular complexity index is 581. The lowest BCUT2D eigenvalue weighted by Gasteiger charge is -2.32. The summed E-state index contributed by atoms with van der Waals surface area (Å²) in [5, 5.41) is 1.20. The van der Waals surface area contributed by atoms with Crippen LogP contribution in [0.2, 0.25) is 0 Å². The third-order valence-corrected chi connectivity index (χ3v) is 9.84. The van der Waals surface area contributed by atoms with Crippen LogP contribution in [-0.2, 0) is 13.6 Å². The standard InChI is InChI=1S/C19H29O3P/c1-3-21-23(20,22-4-2)19-14(11-8-6-5-7-9-11)15-13-10-12-16(15)17(12)18(13)19/h11-13,15-18H,3-10H2,1-2H3/t12-,13+,15-,16?,17?,18-/m1/s1. The molecule has 6 aliphatic rings. The lowest BCUT2D eigenvalue weighted by atomic mass is 9.77. The Morgan fingerprint density at radius 1 is 0.957 bits per heavy atom. The molecule has 5 saturated carbocycles. The zero-order chi connectivity index (χ0) is 15.8. The van der Waals surface area contributed by atoms with Crippen molar-refractivity contribution in [2.24, 2.45) is 41.4 Å². The maximum absolute atomic E-state index is 13.7. The van der Waals surface area contributed by atoms with Crippen molar-refractivity contribution in [3.63, 3.8) is 0 Å². The topological polar surface area (TPSA) is 35.5 Å². The van der Waals surface area contributed by atoms with E-state index in [9.17, 15) is 4.57 Å². The molecular formula is C19H29O3P. The highest BCUT2D eigenvalue weighted by molar-refractivity contribution is 7.58. The number of allylic oxidation sites excluding steroid dienone is 2. The molecule has 0 heterocycles. The molecule has 0 amide bonds. The van der Waals surface area contributed by atoms with Crippen LogP contribution in [0.25, 0.3) is 0 Å². The molecule has 128 valence electrons. The van der Waals surface area contributed by atoms with Crippen LogP contribution in [0.4, 0.5) is 0 Å². The summed E-state index contributed by atoms with van der Waals surface area (Å²) in [6, 6.07) is 0. The zero-order valence-corrected chi connectivity index (χ0v) is 15.3. The van der Waals surface area contributed by atoms with Crippen LogP contribution in [0.3, 0.4) is 0 Å². The molecule has 23 heavy (non-hydrogen) atoms. The normalized spacial score (nSPS) is 44.4. The molecule has 3 nitrogen and oxygen atoms in total. The molecule has 0 radical (unpaired) electrons. The molecule has 0 spiro atoms. The lowest BCUT2D eigenvalue weighted by Crippen LogP contribution is -2.19. The summed E-state index contributed by atoms with van der Waals surface area (Å²) < 4.78 is 25.4. The first-order valence-electron chi connectivity index (χ1n) is 9.85. The van der Waals surface area contributed by atoms with Crippen molar-refractivity contribution in [2.75, 3.05) is 13.2 Å². The van der Waals surface area contributed by atoms with Crippen molar-refractivity contribution < 1.29 is 13.6 Å². The van der Waals surface area contributed by atoms with Crippen LogP contribution in [-0.4, -0.2) is 13.2 Å². The van der Waals surface area contributed by atoms with Crippen molar-refractivity contribution in [2.45, 2.75) is 52.4 Å². The number of hydrogen-bond donors (Lipinski definition) is 0. The summed E-state index contributed by atoms with van der Waals surface area (Å²) in [7, 11) is -3.07. The Kier molecular flexibility index (Phi) is 3.42. The second-order valence-corrected chi connectivity index (χ2v) is 10.3. The molecule has 0 aliphatic heterocycles. The van der Waals surface area contributed by atoms with Crippen LogP contribution >= 0.6 is 7.60 Å². The summed E-state index contributed by atoms with van der Waals surface area (Å²) >= 11 is 0. The van der Waals surface area contributed by atoms with Crippen LogP contribution in [0.1, 0.15) is 52.4 Å². The van der Waals surface area contributed by atoms with Gasteiger partial charge in [0.2, 0.25) is 0 Å². The van der Waals surface area contributed by atoms with Gasteiger partial charge in [0.15, 0.2) is 0 Å². The van der Waals surface area contributed by atoms with E-state index >= 15 is 0 Å². The molecule has 6 atom stereocenters. The average Bonchev–Trinajstić information content (AvgIpc) is 2.89. The second kappa shape index (κ2) is 5.19. The Labute approximate surface area is 139 Å². The highest BCUT2D eigenvalue weighted by Gasteiger charge is 2.79. The van der Waals surface area contributed by atoms with Crippen molar-refractivity contribution >= 4 is 7.60 Å². The van der Waals surface area contributed by atoms with E-state index in [4.69, 9.17) is 9.05 Å². The Morgan fingerprint density at radius 3 is 2.22 bits per heavy atom. The fourth-order valence-electron chi connectivity index (χ4n) is 7.09. The van der Waals surface area contributed by atoms with Gasteiger partial charge in [0.25, 0.3) is 0 Å². The van der Waals surface area contributed by atoms with E-state index in [0.717, 1.165) is 29.6 Å². The zero-order valence-electron chi connectivity index (χ0n) is 14.4. The van der Waals surface area contributed by atoms with Crippen molar-refractivity contribution in [1.82, 2.24) is 0 Å². The first kappa shape index (κ1) is 15.2. The SMILES string of the molecule is CCOP(=O)(OCC)C1=C(C2CCCCC2)[C@@H]2C3C4[C@@H]3C[C@@H]2[C@@H]14. The van der Waals surface area contributed by atoms with E-state index in [1.807, 2.05) is 13.8 Å². The largest absolute Gasteiger partial charge is 0.357 e. The molecular weight excluding hydrogens is 307 g/mol. The van der Waals surface area contributed by atoms with Crippen molar-refractivity contribution in [3.8, 4) is 0 Å². The number of hydrogen-bond acceptors (Lipinski definition) is 3. The van der Waals surface area contributed by atoms with Gasteiger partial charge in [-0.05, 0) is 74.5 Å². The molecule has 0 aromatic carbocycles. The fraction of sp³-hybridized carbons (Fsp3) is 0.895. The smallest absolute Gasteiger partial charge is 0.306 e. The third kappa shape index (κ3) is 1.88.